The van der Waals surface area contributed by atoms with Crippen LogP contribution in [-0.2, 0) is 6.42 Å². The smallest absolute Gasteiger partial charge is 0.237 e. The number of halogens is 2. The van der Waals surface area contributed by atoms with Crippen molar-refractivity contribution in [3.05, 3.63) is 30.1 Å². The molecule has 0 fully saturated rings. The van der Waals surface area contributed by atoms with Gasteiger partial charge in [0, 0.05) is 11.9 Å². The van der Waals surface area contributed by atoms with Crippen molar-refractivity contribution in [2.45, 2.75) is 12.5 Å². The first-order valence-electron chi connectivity index (χ1n) is 3.47. The molecule has 4 heteroatoms. The van der Waals surface area contributed by atoms with Gasteiger partial charge in [0.2, 0.25) is 7.42 Å². The van der Waals surface area contributed by atoms with E-state index < -0.39 is 7.42 Å². The summed E-state index contributed by atoms with van der Waals surface area (Å²) in [6, 6.07) is 6.77. The van der Waals surface area contributed by atoms with E-state index in [0.29, 0.717) is 0 Å². The van der Waals surface area contributed by atoms with Gasteiger partial charge in [0.1, 0.15) is 0 Å². The van der Waals surface area contributed by atoms with Gasteiger partial charge in [-0.05, 0) is 24.6 Å². The van der Waals surface area contributed by atoms with Gasteiger partial charge in [0.15, 0.2) is 0 Å². The number of hydrogen-bond acceptors (Lipinski definition) is 1. The number of nitrogens with zero attached hydrogens (tertiary/aromatic N) is 1. The van der Waals surface area contributed by atoms with Gasteiger partial charge >= 0.3 is 0 Å². The van der Waals surface area contributed by atoms with Crippen LogP contribution in [0.5, 0.6) is 0 Å². The van der Waals surface area contributed by atoms with Crippen molar-refractivity contribution in [1.29, 1.82) is 0 Å². The average Bonchev–Trinajstić information content (AvgIpc) is 2.03. The van der Waals surface area contributed by atoms with Gasteiger partial charge in [0.25, 0.3) is 0 Å². The first kappa shape index (κ1) is 9.04. The highest BCUT2D eigenvalue weighted by atomic mass is 35.7. The van der Waals surface area contributed by atoms with Gasteiger partial charge in [0.05, 0.1) is 0 Å². The van der Waals surface area contributed by atoms with Gasteiger partial charge in [-0.2, -0.15) is 22.2 Å². The fraction of sp³-hybridized carbons (Fsp3) is 0.286. The van der Waals surface area contributed by atoms with Crippen molar-refractivity contribution in [2.24, 2.45) is 0 Å². The second kappa shape index (κ2) is 4.75. The molecule has 0 radical (unpaired) electrons. The van der Waals surface area contributed by atoms with Gasteiger partial charge < -0.3 is 0 Å². The van der Waals surface area contributed by atoms with E-state index in [1.165, 1.54) is 0 Å². The summed E-state index contributed by atoms with van der Waals surface area (Å²) in [6.45, 7) is 0. The Kier molecular flexibility index (Phi) is 3.90. The van der Waals surface area contributed by atoms with Crippen molar-refractivity contribution in [2.75, 3.05) is 0 Å². The number of aromatic nitrogens is 1. The fourth-order valence-corrected chi connectivity index (χ4v) is 1.97. The largest absolute Gasteiger partial charge is 0.261 e. The predicted molar refractivity (Wildman–Crippen MR) is 51.6 cm³/mol. The van der Waals surface area contributed by atoms with Crippen molar-refractivity contribution in [1.82, 2.24) is 4.98 Å². The molecule has 0 unspecified atom stereocenters. The molecule has 11 heavy (non-hydrogen) atoms. The molecule has 0 aromatic carbocycles. The third-order valence-corrected chi connectivity index (χ3v) is 3.38. The Morgan fingerprint density at radius 3 is 2.73 bits per heavy atom. The van der Waals surface area contributed by atoms with Crippen LogP contribution in [0.15, 0.2) is 24.4 Å². The van der Waals surface area contributed by atoms with E-state index in [0.717, 1.165) is 18.2 Å². The molecule has 0 saturated carbocycles. The molecule has 0 atom stereocenters. The lowest BCUT2D eigenvalue weighted by molar-refractivity contribution is 1.03. The molecule has 0 aliphatic heterocycles. The molecule has 0 aliphatic carbocycles. The molecule has 0 aliphatic rings. The van der Waals surface area contributed by atoms with E-state index in [1.54, 1.807) is 6.20 Å². The Balaban J connectivity index is 2.39. The molecule has 1 heterocycles. The third-order valence-electron chi connectivity index (χ3n) is 1.34. The van der Waals surface area contributed by atoms with Crippen molar-refractivity contribution in [3.63, 3.8) is 0 Å². The van der Waals surface area contributed by atoms with Crippen molar-refractivity contribution >= 4 is 29.6 Å². The standard InChI is InChI=1S/C7H9Cl2NSi/c8-11(9)6-4-7-3-1-2-5-10-7/h1-3,5,11H,4,6H2. The molecule has 0 spiro atoms. The number of aryl methyl sites for hydroxylation is 1. The highest BCUT2D eigenvalue weighted by Crippen LogP contribution is 2.07. The fourth-order valence-electron chi connectivity index (χ4n) is 0.803. The van der Waals surface area contributed by atoms with Gasteiger partial charge in [-0.15, -0.1) is 0 Å². The maximum atomic E-state index is 5.70. The summed E-state index contributed by atoms with van der Waals surface area (Å²) in [5.41, 5.74) is 1.08. The molecule has 0 bridgehead atoms. The van der Waals surface area contributed by atoms with Crippen LogP contribution in [-0.4, -0.2) is 12.4 Å². The molecular formula is C7H9Cl2NSi. The predicted octanol–water partition coefficient (Wildman–Crippen LogP) is 2.32. The number of hydrogen-bond donors (Lipinski definition) is 0. The SMILES string of the molecule is Cl[SiH](Cl)CCc1ccccn1. The van der Waals surface area contributed by atoms with Crippen molar-refractivity contribution in [3.8, 4) is 0 Å². The lowest BCUT2D eigenvalue weighted by atomic mass is 10.3. The third kappa shape index (κ3) is 3.75. The summed E-state index contributed by atoms with van der Waals surface area (Å²) in [6.07, 6.45) is 2.69. The van der Waals surface area contributed by atoms with Crippen LogP contribution >= 0.6 is 22.2 Å². The van der Waals surface area contributed by atoms with E-state index in [4.69, 9.17) is 22.2 Å². The minimum absolute atomic E-state index is 0.903. The Bertz CT molecular complexity index is 203. The topological polar surface area (TPSA) is 12.9 Å². The minimum atomic E-state index is -1.44. The van der Waals surface area contributed by atoms with E-state index in [1.807, 2.05) is 18.2 Å². The van der Waals surface area contributed by atoms with Crippen LogP contribution in [0.1, 0.15) is 5.69 Å². The van der Waals surface area contributed by atoms with Crippen LogP contribution in [0.4, 0.5) is 0 Å². The first-order chi connectivity index (χ1) is 5.29. The second-order valence-corrected chi connectivity index (χ2v) is 7.44. The number of pyridine rings is 1. The summed E-state index contributed by atoms with van der Waals surface area (Å²) in [5, 5.41) is 0. The van der Waals surface area contributed by atoms with Crippen LogP contribution < -0.4 is 0 Å². The summed E-state index contributed by atoms with van der Waals surface area (Å²) in [7, 11) is -1.44. The van der Waals surface area contributed by atoms with Gasteiger partial charge in [-0.25, -0.2) is 0 Å². The zero-order valence-corrected chi connectivity index (χ0v) is 8.67. The minimum Gasteiger partial charge on any atom is -0.261 e. The normalized spacial score (nSPS) is 10.5. The van der Waals surface area contributed by atoms with Crippen LogP contribution in [0.25, 0.3) is 0 Å². The molecule has 0 saturated heterocycles. The molecule has 60 valence electrons. The monoisotopic (exact) mass is 205 g/mol. The van der Waals surface area contributed by atoms with Crippen LogP contribution in [0.3, 0.4) is 0 Å². The lowest BCUT2D eigenvalue weighted by Gasteiger charge is -1.97. The highest BCUT2D eigenvalue weighted by molar-refractivity contribution is 7.33. The molecule has 1 nitrogen and oxygen atoms in total. The second-order valence-electron chi connectivity index (χ2n) is 2.25. The molecular weight excluding hydrogens is 197 g/mol. The Morgan fingerprint density at radius 2 is 2.18 bits per heavy atom. The maximum Gasteiger partial charge on any atom is 0.237 e. The molecule has 1 aromatic heterocycles. The summed E-state index contributed by atoms with van der Waals surface area (Å²) < 4.78 is 0. The van der Waals surface area contributed by atoms with Crippen LogP contribution in [0.2, 0.25) is 6.04 Å². The van der Waals surface area contributed by atoms with E-state index >= 15 is 0 Å². The van der Waals surface area contributed by atoms with Crippen molar-refractivity contribution < 1.29 is 0 Å². The van der Waals surface area contributed by atoms with E-state index in [-0.39, 0.29) is 0 Å². The molecule has 0 amide bonds. The maximum absolute atomic E-state index is 5.70. The summed E-state index contributed by atoms with van der Waals surface area (Å²) in [4.78, 5) is 4.16. The zero-order chi connectivity index (χ0) is 8.10. The highest BCUT2D eigenvalue weighted by Gasteiger charge is 2.02. The van der Waals surface area contributed by atoms with Gasteiger partial charge in [-0.3, -0.25) is 4.98 Å². The average molecular weight is 206 g/mol. The molecule has 1 aromatic rings. The van der Waals surface area contributed by atoms with Crippen LogP contribution in [0, 0.1) is 0 Å². The first-order valence-corrected chi connectivity index (χ1v) is 7.78. The molecule has 0 N–H and O–H groups in total. The van der Waals surface area contributed by atoms with E-state index in [9.17, 15) is 0 Å². The summed E-state index contributed by atoms with van der Waals surface area (Å²) in [5.74, 6) is 0. The zero-order valence-electron chi connectivity index (χ0n) is 6.00. The Morgan fingerprint density at radius 1 is 1.36 bits per heavy atom. The molecule has 1 rings (SSSR count). The van der Waals surface area contributed by atoms with E-state index in [2.05, 4.69) is 4.98 Å². The Hall–Kier alpha value is -0.0531. The van der Waals surface area contributed by atoms with Gasteiger partial charge in [-0.1, -0.05) is 6.07 Å². The number of rotatable bonds is 3. The lowest BCUT2D eigenvalue weighted by Crippen LogP contribution is -1.96. The summed E-state index contributed by atoms with van der Waals surface area (Å²) >= 11 is 11.4. The Labute approximate surface area is 77.4 Å². The quantitative estimate of drug-likeness (QED) is 0.546.